The lowest BCUT2D eigenvalue weighted by Crippen LogP contribution is -2.59. The van der Waals surface area contributed by atoms with Gasteiger partial charge in [0.2, 0.25) is 5.91 Å². The normalized spacial score (nSPS) is 31.6. The van der Waals surface area contributed by atoms with E-state index in [2.05, 4.69) is 49.1 Å². The van der Waals surface area contributed by atoms with Crippen LogP contribution in [0.1, 0.15) is 64.0 Å². The fourth-order valence-electron chi connectivity index (χ4n) is 5.39. The highest BCUT2D eigenvalue weighted by Gasteiger charge is 2.47. The first-order valence-electron chi connectivity index (χ1n) is 11.1. The molecule has 1 spiro atoms. The van der Waals surface area contributed by atoms with E-state index < -0.39 is 0 Å². The molecule has 0 N–H and O–H groups in total. The van der Waals surface area contributed by atoms with Crippen LogP contribution in [0.25, 0.3) is 0 Å². The molecule has 4 heteroatoms. The van der Waals surface area contributed by atoms with Crippen LogP contribution in [-0.4, -0.2) is 42.7 Å². The number of hydrogen-bond donors (Lipinski definition) is 0. The minimum atomic E-state index is -0.343. The van der Waals surface area contributed by atoms with Gasteiger partial charge in [0.1, 0.15) is 5.60 Å². The summed E-state index contributed by atoms with van der Waals surface area (Å²) in [5.41, 5.74) is 0.907. The van der Waals surface area contributed by atoms with Crippen LogP contribution in [0.5, 0.6) is 0 Å². The molecule has 28 heavy (non-hydrogen) atoms. The second kappa shape index (κ2) is 8.54. The van der Waals surface area contributed by atoms with Crippen molar-refractivity contribution in [2.45, 2.75) is 64.1 Å². The van der Waals surface area contributed by atoms with Gasteiger partial charge in [-0.05, 0) is 42.6 Å². The topological polar surface area (TPSA) is 38.8 Å². The van der Waals surface area contributed by atoms with E-state index in [1.807, 2.05) is 0 Å². The van der Waals surface area contributed by atoms with Crippen molar-refractivity contribution in [3.63, 3.8) is 0 Å². The fourth-order valence-corrected chi connectivity index (χ4v) is 5.39. The standard InChI is InChI=1S/C24H35NO3/c1-18(2)21-15-24(17-27-23(21)20-10-4-3-5-11-20)16-25(12-13-28-24)22(26)14-19-8-6-7-9-19/h3-5,10-11,18-19,21,23H,6-9,12-17H2,1-2H3/t21-,23-,24-/m0/s1. The summed E-state index contributed by atoms with van der Waals surface area (Å²) >= 11 is 0. The van der Waals surface area contributed by atoms with Crippen LogP contribution in [0.2, 0.25) is 0 Å². The predicted octanol–water partition coefficient (Wildman–Crippen LogP) is 4.60. The van der Waals surface area contributed by atoms with E-state index in [1.54, 1.807) is 0 Å². The number of benzene rings is 1. The molecule has 154 valence electrons. The highest BCUT2D eigenvalue weighted by Crippen LogP contribution is 2.44. The van der Waals surface area contributed by atoms with Gasteiger partial charge >= 0.3 is 0 Å². The molecule has 4 rings (SSSR count). The van der Waals surface area contributed by atoms with Crippen LogP contribution < -0.4 is 0 Å². The maximum Gasteiger partial charge on any atom is 0.223 e. The van der Waals surface area contributed by atoms with Gasteiger partial charge in [0, 0.05) is 13.0 Å². The number of morpholine rings is 1. The molecule has 0 bridgehead atoms. The maximum atomic E-state index is 12.9. The van der Waals surface area contributed by atoms with Crippen LogP contribution in [0.15, 0.2) is 30.3 Å². The minimum absolute atomic E-state index is 0.111. The highest BCUT2D eigenvalue weighted by atomic mass is 16.6. The molecule has 1 aliphatic carbocycles. The lowest BCUT2D eigenvalue weighted by Gasteiger charge is -2.50. The number of hydrogen-bond acceptors (Lipinski definition) is 3. The van der Waals surface area contributed by atoms with Crippen molar-refractivity contribution >= 4 is 5.91 Å². The second-order valence-corrected chi connectivity index (χ2v) is 9.46. The zero-order valence-corrected chi connectivity index (χ0v) is 17.4. The molecule has 2 saturated heterocycles. The molecule has 3 aliphatic rings. The number of carbonyl (C=O) groups is 1. The van der Waals surface area contributed by atoms with Crippen LogP contribution in [-0.2, 0) is 14.3 Å². The van der Waals surface area contributed by atoms with Crippen molar-refractivity contribution in [3.05, 3.63) is 35.9 Å². The highest BCUT2D eigenvalue weighted by molar-refractivity contribution is 5.76. The third-order valence-electron chi connectivity index (χ3n) is 7.05. The Kier molecular flexibility index (Phi) is 6.07. The van der Waals surface area contributed by atoms with Gasteiger partial charge in [-0.1, -0.05) is 57.0 Å². The summed E-state index contributed by atoms with van der Waals surface area (Å²) in [6, 6.07) is 10.5. The summed E-state index contributed by atoms with van der Waals surface area (Å²) in [6.07, 6.45) is 6.80. The first-order valence-corrected chi connectivity index (χ1v) is 11.1. The molecule has 0 aromatic heterocycles. The van der Waals surface area contributed by atoms with Gasteiger partial charge in [0.05, 0.1) is 25.9 Å². The largest absolute Gasteiger partial charge is 0.370 e. The number of carbonyl (C=O) groups excluding carboxylic acids is 1. The van der Waals surface area contributed by atoms with E-state index in [9.17, 15) is 4.79 Å². The van der Waals surface area contributed by atoms with Crippen molar-refractivity contribution in [1.29, 1.82) is 0 Å². The molecule has 3 atom stereocenters. The zero-order chi connectivity index (χ0) is 19.6. The Labute approximate surface area is 169 Å². The summed E-state index contributed by atoms with van der Waals surface area (Å²) in [4.78, 5) is 15.0. The van der Waals surface area contributed by atoms with E-state index in [0.717, 1.165) is 19.4 Å². The van der Waals surface area contributed by atoms with Crippen LogP contribution >= 0.6 is 0 Å². The molecule has 2 aliphatic heterocycles. The van der Waals surface area contributed by atoms with Crippen molar-refractivity contribution in [1.82, 2.24) is 4.90 Å². The van der Waals surface area contributed by atoms with Gasteiger partial charge in [0.15, 0.2) is 0 Å². The number of nitrogens with zero attached hydrogens (tertiary/aromatic N) is 1. The van der Waals surface area contributed by atoms with E-state index >= 15 is 0 Å². The van der Waals surface area contributed by atoms with Gasteiger partial charge in [-0.25, -0.2) is 0 Å². The molecule has 1 aromatic carbocycles. The van der Waals surface area contributed by atoms with E-state index in [0.29, 0.717) is 43.4 Å². The first-order chi connectivity index (χ1) is 13.6. The Hall–Kier alpha value is -1.39. The maximum absolute atomic E-state index is 12.9. The summed E-state index contributed by atoms with van der Waals surface area (Å²) in [5, 5.41) is 0. The summed E-state index contributed by atoms with van der Waals surface area (Å²) in [6.45, 7) is 7.15. The molecule has 3 fully saturated rings. The lowest BCUT2D eigenvalue weighted by molar-refractivity contribution is -0.211. The smallest absolute Gasteiger partial charge is 0.223 e. The summed E-state index contributed by atoms with van der Waals surface area (Å²) in [5.74, 6) is 1.80. The van der Waals surface area contributed by atoms with Gasteiger partial charge in [-0.15, -0.1) is 0 Å². The monoisotopic (exact) mass is 385 g/mol. The zero-order valence-electron chi connectivity index (χ0n) is 17.4. The minimum Gasteiger partial charge on any atom is -0.370 e. The number of ether oxygens (including phenoxy) is 2. The van der Waals surface area contributed by atoms with Crippen LogP contribution in [0.3, 0.4) is 0 Å². The Morgan fingerprint density at radius 1 is 1.21 bits per heavy atom. The Morgan fingerprint density at radius 2 is 1.96 bits per heavy atom. The Balaban J connectivity index is 1.44. The quantitative estimate of drug-likeness (QED) is 0.760. The molecule has 4 nitrogen and oxygen atoms in total. The molecular formula is C24H35NO3. The average Bonchev–Trinajstić information content (AvgIpc) is 3.22. The number of amides is 1. The van der Waals surface area contributed by atoms with Crippen molar-refractivity contribution in [3.8, 4) is 0 Å². The SMILES string of the molecule is CC(C)[C@@H]1C[C@@]2(CO[C@H]1c1ccccc1)CN(C(=O)CC1CCCC1)CCO2. The lowest BCUT2D eigenvalue weighted by atomic mass is 9.75. The van der Waals surface area contributed by atoms with E-state index in [-0.39, 0.29) is 11.7 Å². The van der Waals surface area contributed by atoms with Crippen molar-refractivity contribution in [2.75, 3.05) is 26.3 Å². The van der Waals surface area contributed by atoms with Crippen molar-refractivity contribution < 1.29 is 14.3 Å². The molecule has 0 unspecified atom stereocenters. The third kappa shape index (κ3) is 4.28. The molecule has 1 saturated carbocycles. The summed E-state index contributed by atoms with van der Waals surface area (Å²) < 4.78 is 12.7. The fraction of sp³-hybridized carbons (Fsp3) is 0.708. The Bertz CT molecular complexity index is 655. The van der Waals surface area contributed by atoms with Crippen molar-refractivity contribution in [2.24, 2.45) is 17.8 Å². The Morgan fingerprint density at radius 3 is 2.68 bits per heavy atom. The van der Waals surface area contributed by atoms with Gasteiger partial charge in [-0.3, -0.25) is 4.79 Å². The van der Waals surface area contributed by atoms with Gasteiger partial charge in [-0.2, -0.15) is 0 Å². The average molecular weight is 386 g/mol. The first kappa shape index (κ1) is 19.9. The molecular weight excluding hydrogens is 350 g/mol. The molecule has 1 amide bonds. The van der Waals surface area contributed by atoms with E-state index in [1.165, 1.54) is 31.2 Å². The molecule has 1 aromatic rings. The third-order valence-corrected chi connectivity index (χ3v) is 7.05. The van der Waals surface area contributed by atoms with Crippen LogP contribution in [0, 0.1) is 17.8 Å². The second-order valence-electron chi connectivity index (χ2n) is 9.46. The predicted molar refractivity (Wildman–Crippen MR) is 110 cm³/mol. The summed E-state index contributed by atoms with van der Waals surface area (Å²) in [7, 11) is 0. The van der Waals surface area contributed by atoms with Crippen LogP contribution in [0.4, 0.5) is 0 Å². The molecule has 2 heterocycles. The molecule has 0 radical (unpaired) electrons. The van der Waals surface area contributed by atoms with Gasteiger partial charge in [0.25, 0.3) is 0 Å². The number of rotatable bonds is 4. The van der Waals surface area contributed by atoms with Gasteiger partial charge < -0.3 is 14.4 Å². The van der Waals surface area contributed by atoms with E-state index in [4.69, 9.17) is 9.47 Å².